The lowest BCUT2D eigenvalue weighted by molar-refractivity contribution is -0.173. The fraction of sp³-hybridized carbons (Fsp3) is 0.867. The molecule has 0 saturated heterocycles. The molecule has 2 heteroatoms. The highest BCUT2D eigenvalue weighted by molar-refractivity contribution is 5.91. The summed E-state index contributed by atoms with van der Waals surface area (Å²) in [5.74, 6) is 1.71. The molecule has 3 fully saturated rings. The molecular weight excluding hydrogens is 212 g/mol. The summed E-state index contributed by atoms with van der Waals surface area (Å²) in [5.41, 5.74) is -0.0543. The van der Waals surface area contributed by atoms with Crippen molar-refractivity contribution in [2.24, 2.45) is 28.6 Å². The normalized spacial score (nSPS) is 40.6. The predicted octanol–water partition coefficient (Wildman–Crippen LogP) is 3.24. The van der Waals surface area contributed by atoms with Crippen LogP contribution in [0.1, 0.15) is 53.9 Å². The van der Waals surface area contributed by atoms with Crippen LogP contribution in [0.2, 0.25) is 0 Å². The van der Waals surface area contributed by atoms with Gasteiger partial charge >= 0.3 is 0 Å². The van der Waals surface area contributed by atoms with Crippen LogP contribution < -0.4 is 0 Å². The maximum Gasteiger partial charge on any atom is 0.142 e. The molecule has 0 aromatic rings. The molecule has 3 aliphatic rings. The van der Waals surface area contributed by atoms with E-state index in [1.807, 2.05) is 0 Å². The lowest BCUT2D eigenvalue weighted by atomic mass is 9.41. The maximum absolute atomic E-state index is 12.6. The van der Waals surface area contributed by atoms with Crippen LogP contribution >= 0.6 is 0 Å². The van der Waals surface area contributed by atoms with E-state index in [1.165, 1.54) is 0 Å². The van der Waals surface area contributed by atoms with Crippen LogP contribution in [-0.4, -0.2) is 11.6 Å². The fourth-order valence-electron chi connectivity index (χ4n) is 3.92. The van der Waals surface area contributed by atoms with Crippen LogP contribution in [0.15, 0.2) is 0 Å². The topological polar surface area (TPSA) is 34.1 Å². The zero-order chi connectivity index (χ0) is 13.0. The molecule has 0 spiro atoms. The first-order valence-corrected chi connectivity index (χ1v) is 6.73. The van der Waals surface area contributed by atoms with E-state index in [0.29, 0.717) is 18.1 Å². The molecule has 0 aliphatic heterocycles. The van der Waals surface area contributed by atoms with Crippen molar-refractivity contribution in [1.82, 2.24) is 0 Å². The molecule has 0 aromatic carbocycles. The van der Waals surface area contributed by atoms with Gasteiger partial charge in [0.2, 0.25) is 0 Å². The van der Waals surface area contributed by atoms with Gasteiger partial charge in [-0.2, -0.15) is 0 Å². The monoisotopic (exact) mass is 236 g/mol. The minimum atomic E-state index is -0.255. The van der Waals surface area contributed by atoms with E-state index in [2.05, 4.69) is 27.7 Å². The molecule has 0 aromatic heterocycles. The summed E-state index contributed by atoms with van der Waals surface area (Å²) in [7, 11) is 0. The summed E-state index contributed by atoms with van der Waals surface area (Å²) < 4.78 is 0. The molecule has 0 radical (unpaired) electrons. The standard InChI is InChI=1S/C15H24O2/c1-9(6-10(2)16)15(5)8-11-7-12(13(15)17)14(11,3)4/h9,11-12H,6-8H2,1-5H3/t9-,11?,12?,15+/m1/s1. The van der Waals surface area contributed by atoms with Gasteiger partial charge in [-0.05, 0) is 37.0 Å². The van der Waals surface area contributed by atoms with Crippen LogP contribution in [-0.2, 0) is 9.59 Å². The van der Waals surface area contributed by atoms with E-state index in [0.717, 1.165) is 12.8 Å². The largest absolute Gasteiger partial charge is 0.300 e. The second kappa shape index (κ2) is 3.66. The number of hydrogen-bond donors (Lipinski definition) is 0. The molecule has 2 unspecified atom stereocenters. The van der Waals surface area contributed by atoms with E-state index in [9.17, 15) is 9.59 Å². The lowest BCUT2D eigenvalue weighted by Crippen LogP contribution is -2.61. The maximum atomic E-state index is 12.6. The first kappa shape index (κ1) is 12.8. The number of ketones is 2. The van der Waals surface area contributed by atoms with Gasteiger partial charge in [0, 0.05) is 17.8 Å². The summed E-state index contributed by atoms with van der Waals surface area (Å²) in [5, 5.41) is 0. The van der Waals surface area contributed by atoms with Crippen molar-refractivity contribution in [2.45, 2.75) is 53.9 Å². The second-order valence-electron chi connectivity index (χ2n) is 7.10. The fourth-order valence-corrected chi connectivity index (χ4v) is 3.92. The van der Waals surface area contributed by atoms with E-state index in [4.69, 9.17) is 0 Å². The van der Waals surface area contributed by atoms with Gasteiger partial charge in [-0.15, -0.1) is 0 Å². The number of hydrogen-bond acceptors (Lipinski definition) is 2. The zero-order valence-electron chi connectivity index (χ0n) is 11.7. The van der Waals surface area contributed by atoms with Gasteiger partial charge in [0.05, 0.1) is 0 Å². The second-order valence-corrected chi connectivity index (χ2v) is 7.10. The average molecular weight is 236 g/mol. The molecular formula is C15H24O2. The van der Waals surface area contributed by atoms with Crippen molar-refractivity contribution < 1.29 is 9.59 Å². The first-order valence-electron chi connectivity index (χ1n) is 6.73. The van der Waals surface area contributed by atoms with Gasteiger partial charge in [-0.25, -0.2) is 0 Å². The smallest absolute Gasteiger partial charge is 0.142 e. The SMILES string of the molecule is CC(=O)C[C@@H](C)[C@]1(C)CC2CC(C1=O)C2(C)C. The highest BCUT2D eigenvalue weighted by Crippen LogP contribution is 2.63. The third-order valence-electron chi connectivity index (χ3n) is 5.70. The molecule has 2 bridgehead atoms. The Morgan fingerprint density at radius 2 is 2.00 bits per heavy atom. The number of rotatable bonds is 3. The number of carbonyl (C=O) groups is 2. The summed E-state index contributed by atoms with van der Waals surface area (Å²) in [4.78, 5) is 23.9. The molecule has 3 rings (SSSR count). The number of Topliss-reactive ketones (excluding diaryl/α,β-unsaturated/α-hetero) is 2. The van der Waals surface area contributed by atoms with Gasteiger partial charge in [0.25, 0.3) is 0 Å². The van der Waals surface area contributed by atoms with Crippen LogP contribution in [0.3, 0.4) is 0 Å². The quantitative estimate of drug-likeness (QED) is 0.754. The van der Waals surface area contributed by atoms with E-state index >= 15 is 0 Å². The van der Waals surface area contributed by atoms with Gasteiger partial charge in [0.15, 0.2) is 0 Å². The molecule has 0 heterocycles. The molecule has 3 saturated carbocycles. The van der Waals surface area contributed by atoms with E-state index in [1.54, 1.807) is 6.92 Å². The predicted molar refractivity (Wildman–Crippen MR) is 67.6 cm³/mol. The summed E-state index contributed by atoms with van der Waals surface area (Å²) in [6.07, 6.45) is 2.60. The van der Waals surface area contributed by atoms with Crippen molar-refractivity contribution in [3.8, 4) is 0 Å². The molecule has 0 amide bonds. The molecule has 96 valence electrons. The summed E-state index contributed by atoms with van der Waals surface area (Å²) in [6.45, 7) is 10.2. The lowest BCUT2D eigenvalue weighted by Gasteiger charge is -2.61. The van der Waals surface area contributed by atoms with Gasteiger partial charge < -0.3 is 4.79 Å². The highest BCUT2D eigenvalue weighted by Gasteiger charge is 2.62. The Labute approximate surface area is 104 Å². The summed E-state index contributed by atoms with van der Waals surface area (Å²) >= 11 is 0. The van der Waals surface area contributed by atoms with Crippen LogP contribution in [0.5, 0.6) is 0 Å². The van der Waals surface area contributed by atoms with E-state index < -0.39 is 0 Å². The van der Waals surface area contributed by atoms with Crippen LogP contribution in [0, 0.1) is 28.6 Å². The zero-order valence-corrected chi connectivity index (χ0v) is 11.7. The Morgan fingerprint density at radius 1 is 1.41 bits per heavy atom. The Hall–Kier alpha value is -0.660. The Morgan fingerprint density at radius 3 is 2.41 bits per heavy atom. The molecule has 3 aliphatic carbocycles. The number of fused-ring (bicyclic) bond motifs is 2. The third-order valence-corrected chi connectivity index (χ3v) is 5.70. The van der Waals surface area contributed by atoms with Crippen molar-refractivity contribution in [3.63, 3.8) is 0 Å². The van der Waals surface area contributed by atoms with Crippen molar-refractivity contribution in [1.29, 1.82) is 0 Å². The van der Waals surface area contributed by atoms with Gasteiger partial charge in [-0.1, -0.05) is 27.7 Å². The number of carbonyl (C=O) groups excluding carboxylic acids is 2. The average Bonchev–Trinajstić information content (AvgIpc) is 2.20. The summed E-state index contributed by atoms with van der Waals surface area (Å²) in [6, 6.07) is 0. The third kappa shape index (κ3) is 1.68. The molecule has 0 N–H and O–H groups in total. The van der Waals surface area contributed by atoms with Crippen LogP contribution in [0.4, 0.5) is 0 Å². The van der Waals surface area contributed by atoms with Crippen molar-refractivity contribution in [2.75, 3.05) is 0 Å². The van der Waals surface area contributed by atoms with Crippen molar-refractivity contribution >= 4 is 11.6 Å². The molecule has 4 atom stereocenters. The molecule has 2 nitrogen and oxygen atoms in total. The Bertz CT molecular complexity index is 369. The highest BCUT2D eigenvalue weighted by atomic mass is 16.1. The van der Waals surface area contributed by atoms with Gasteiger partial charge in [0.1, 0.15) is 11.6 Å². The van der Waals surface area contributed by atoms with Crippen molar-refractivity contribution in [3.05, 3.63) is 0 Å². The Balaban J connectivity index is 2.19. The minimum absolute atomic E-state index is 0.189. The van der Waals surface area contributed by atoms with Crippen LogP contribution in [0.25, 0.3) is 0 Å². The Kier molecular flexibility index (Phi) is 2.76. The minimum Gasteiger partial charge on any atom is -0.300 e. The first-order chi connectivity index (χ1) is 7.69. The van der Waals surface area contributed by atoms with E-state index in [-0.39, 0.29) is 28.4 Å². The van der Waals surface area contributed by atoms with Gasteiger partial charge in [-0.3, -0.25) is 4.79 Å². The molecule has 17 heavy (non-hydrogen) atoms.